The minimum absolute atomic E-state index is 0.0335. The molecule has 1 amide bonds. The van der Waals surface area contributed by atoms with Crippen LogP contribution >= 0.6 is 0 Å². The standard InChI is InChI=1S/C12H14FNO3/c13-11-7-9(15)1-2-10(11)8-3-5-14(6-4-8)12(16)17/h1-2,7-8,15H,3-6H2,(H,16,17). The van der Waals surface area contributed by atoms with E-state index in [4.69, 9.17) is 10.2 Å². The first kappa shape index (κ1) is 11.7. The molecule has 92 valence electrons. The first-order chi connectivity index (χ1) is 8.08. The number of piperidine rings is 1. The van der Waals surface area contributed by atoms with E-state index in [-0.39, 0.29) is 11.7 Å². The quantitative estimate of drug-likeness (QED) is 0.791. The maximum Gasteiger partial charge on any atom is 0.407 e. The van der Waals surface area contributed by atoms with Gasteiger partial charge in [0.15, 0.2) is 0 Å². The first-order valence-corrected chi connectivity index (χ1v) is 5.54. The van der Waals surface area contributed by atoms with Crippen molar-refractivity contribution < 1.29 is 19.4 Å². The Morgan fingerprint density at radius 1 is 1.35 bits per heavy atom. The van der Waals surface area contributed by atoms with Crippen molar-refractivity contribution in [1.82, 2.24) is 4.90 Å². The summed E-state index contributed by atoms with van der Waals surface area (Å²) in [6, 6.07) is 4.13. The number of carboxylic acid groups (broad SMARTS) is 1. The largest absolute Gasteiger partial charge is 0.508 e. The van der Waals surface area contributed by atoms with Crippen molar-refractivity contribution in [2.24, 2.45) is 0 Å². The van der Waals surface area contributed by atoms with Crippen molar-refractivity contribution in [3.63, 3.8) is 0 Å². The lowest BCUT2D eigenvalue weighted by Gasteiger charge is -2.30. The summed E-state index contributed by atoms with van der Waals surface area (Å²) in [5.74, 6) is -0.473. The van der Waals surface area contributed by atoms with E-state index in [9.17, 15) is 9.18 Å². The Hall–Kier alpha value is -1.78. The molecule has 1 aromatic carbocycles. The van der Waals surface area contributed by atoms with Gasteiger partial charge in [-0.2, -0.15) is 0 Å². The van der Waals surface area contributed by atoms with Gasteiger partial charge in [0, 0.05) is 19.2 Å². The highest BCUT2D eigenvalue weighted by Crippen LogP contribution is 2.31. The van der Waals surface area contributed by atoms with Crippen LogP contribution in [0.15, 0.2) is 18.2 Å². The van der Waals surface area contributed by atoms with Gasteiger partial charge in [-0.3, -0.25) is 0 Å². The number of carbonyl (C=O) groups is 1. The Morgan fingerprint density at radius 3 is 2.53 bits per heavy atom. The summed E-state index contributed by atoms with van der Waals surface area (Å²) in [6.07, 6.45) is 0.316. The van der Waals surface area contributed by atoms with Gasteiger partial charge in [0.1, 0.15) is 11.6 Å². The number of hydrogen-bond donors (Lipinski definition) is 2. The number of rotatable bonds is 1. The highest BCUT2D eigenvalue weighted by atomic mass is 19.1. The summed E-state index contributed by atoms with van der Waals surface area (Å²) >= 11 is 0. The third-order valence-electron chi connectivity index (χ3n) is 3.19. The van der Waals surface area contributed by atoms with Crippen LogP contribution in [0.1, 0.15) is 24.3 Å². The van der Waals surface area contributed by atoms with Gasteiger partial charge in [0.2, 0.25) is 0 Å². The molecule has 4 nitrogen and oxygen atoms in total. The molecule has 1 aliphatic rings. The molecule has 0 aromatic heterocycles. The lowest BCUT2D eigenvalue weighted by Crippen LogP contribution is -2.36. The number of phenolic OH excluding ortho intramolecular Hbond substituents is 1. The number of amides is 1. The lowest BCUT2D eigenvalue weighted by atomic mass is 9.89. The molecular formula is C12H14FNO3. The molecule has 0 bridgehead atoms. The van der Waals surface area contributed by atoms with Gasteiger partial charge in [-0.25, -0.2) is 9.18 Å². The second kappa shape index (κ2) is 4.61. The fourth-order valence-electron chi connectivity index (χ4n) is 2.23. The summed E-state index contributed by atoms with van der Waals surface area (Å²) in [6.45, 7) is 0.862. The maximum atomic E-state index is 13.6. The summed E-state index contributed by atoms with van der Waals surface area (Å²) in [4.78, 5) is 12.1. The SMILES string of the molecule is O=C(O)N1CCC(c2ccc(O)cc2F)CC1. The molecular weight excluding hydrogens is 225 g/mol. The zero-order valence-electron chi connectivity index (χ0n) is 9.27. The van der Waals surface area contributed by atoms with Crippen LogP contribution in [0.5, 0.6) is 5.75 Å². The normalized spacial score (nSPS) is 17.1. The van der Waals surface area contributed by atoms with E-state index in [0.29, 0.717) is 31.5 Å². The number of hydrogen-bond acceptors (Lipinski definition) is 2. The molecule has 5 heteroatoms. The first-order valence-electron chi connectivity index (χ1n) is 5.54. The summed E-state index contributed by atoms with van der Waals surface area (Å²) in [7, 11) is 0. The molecule has 1 fully saturated rings. The van der Waals surface area contributed by atoms with Crippen LogP contribution in [0.4, 0.5) is 9.18 Å². The van der Waals surface area contributed by atoms with Crippen molar-refractivity contribution >= 4 is 6.09 Å². The number of halogens is 1. The molecule has 0 unspecified atom stereocenters. The molecule has 2 N–H and O–H groups in total. The Morgan fingerprint density at radius 2 is 2.00 bits per heavy atom. The van der Waals surface area contributed by atoms with E-state index in [1.807, 2.05) is 0 Å². The predicted molar refractivity (Wildman–Crippen MR) is 59.6 cm³/mol. The lowest BCUT2D eigenvalue weighted by molar-refractivity contribution is 0.132. The predicted octanol–water partition coefficient (Wildman–Crippen LogP) is 2.39. The molecule has 1 heterocycles. The zero-order valence-corrected chi connectivity index (χ0v) is 9.27. The molecule has 0 aliphatic carbocycles. The average Bonchev–Trinajstić information content (AvgIpc) is 2.29. The van der Waals surface area contributed by atoms with Crippen LogP contribution in [-0.2, 0) is 0 Å². The van der Waals surface area contributed by atoms with Crippen LogP contribution in [0.2, 0.25) is 0 Å². The monoisotopic (exact) mass is 239 g/mol. The average molecular weight is 239 g/mol. The van der Waals surface area contributed by atoms with Gasteiger partial charge >= 0.3 is 6.09 Å². The number of aromatic hydroxyl groups is 1. The van der Waals surface area contributed by atoms with E-state index in [1.54, 1.807) is 6.07 Å². The minimum Gasteiger partial charge on any atom is -0.508 e. The van der Waals surface area contributed by atoms with Crippen molar-refractivity contribution in [3.05, 3.63) is 29.6 Å². The van der Waals surface area contributed by atoms with Gasteiger partial charge in [-0.1, -0.05) is 6.07 Å². The van der Waals surface area contributed by atoms with Crippen LogP contribution in [0, 0.1) is 5.82 Å². The molecule has 1 saturated heterocycles. The molecule has 0 saturated carbocycles. The smallest absolute Gasteiger partial charge is 0.407 e. The highest BCUT2D eigenvalue weighted by Gasteiger charge is 2.25. The van der Waals surface area contributed by atoms with E-state index in [2.05, 4.69) is 0 Å². The number of phenols is 1. The summed E-state index contributed by atoms with van der Waals surface area (Å²) < 4.78 is 13.6. The molecule has 17 heavy (non-hydrogen) atoms. The molecule has 1 aliphatic heterocycles. The molecule has 1 aromatic rings. The van der Waals surface area contributed by atoms with Crippen LogP contribution < -0.4 is 0 Å². The second-order valence-electron chi connectivity index (χ2n) is 4.25. The fraction of sp³-hybridized carbons (Fsp3) is 0.417. The van der Waals surface area contributed by atoms with Crippen molar-refractivity contribution in [2.75, 3.05) is 13.1 Å². The third kappa shape index (κ3) is 2.49. The molecule has 0 atom stereocenters. The van der Waals surface area contributed by atoms with Crippen LogP contribution in [0.25, 0.3) is 0 Å². The molecule has 0 radical (unpaired) electrons. The molecule has 2 rings (SSSR count). The van der Waals surface area contributed by atoms with Crippen LogP contribution in [0.3, 0.4) is 0 Å². The van der Waals surface area contributed by atoms with Gasteiger partial charge < -0.3 is 15.1 Å². The zero-order chi connectivity index (χ0) is 12.4. The van der Waals surface area contributed by atoms with Gasteiger partial charge in [-0.15, -0.1) is 0 Å². The Bertz CT molecular complexity index is 428. The topological polar surface area (TPSA) is 60.8 Å². The Balaban J connectivity index is 2.08. The van der Waals surface area contributed by atoms with E-state index in [0.717, 1.165) is 6.07 Å². The Kier molecular flexibility index (Phi) is 3.17. The van der Waals surface area contributed by atoms with Crippen LogP contribution in [-0.4, -0.2) is 34.3 Å². The molecule has 0 spiro atoms. The second-order valence-corrected chi connectivity index (χ2v) is 4.25. The van der Waals surface area contributed by atoms with E-state index in [1.165, 1.54) is 11.0 Å². The van der Waals surface area contributed by atoms with E-state index >= 15 is 0 Å². The van der Waals surface area contributed by atoms with Gasteiger partial charge in [-0.05, 0) is 30.4 Å². The summed E-state index contributed by atoms with van der Waals surface area (Å²) in [5, 5.41) is 17.9. The van der Waals surface area contributed by atoms with E-state index < -0.39 is 11.9 Å². The number of nitrogens with zero attached hydrogens (tertiary/aromatic N) is 1. The van der Waals surface area contributed by atoms with Crippen molar-refractivity contribution in [3.8, 4) is 5.75 Å². The number of likely N-dealkylation sites (tertiary alicyclic amines) is 1. The van der Waals surface area contributed by atoms with Crippen molar-refractivity contribution in [2.45, 2.75) is 18.8 Å². The maximum absolute atomic E-state index is 13.6. The number of benzene rings is 1. The summed E-state index contributed by atoms with van der Waals surface area (Å²) in [5.41, 5.74) is 0.563. The van der Waals surface area contributed by atoms with Gasteiger partial charge in [0.05, 0.1) is 0 Å². The van der Waals surface area contributed by atoms with Gasteiger partial charge in [0.25, 0.3) is 0 Å². The minimum atomic E-state index is -0.922. The highest BCUT2D eigenvalue weighted by molar-refractivity contribution is 5.65. The third-order valence-corrected chi connectivity index (χ3v) is 3.19. The fourth-order valence-corrected chi connectivity index (χ4v) is 2.23. The Labute approximate surface area is 98.3 Å². The van der Waals surface area contributed by atoms with Crippen molar-refractivity contribution in [1.29, 1.82) is 0 Å².